The molecular formula is C36H37ClF2N4O5S. The van der Waals surface area contributed by atoms with Crippen LogP contribution in [0.1, 0.15) is 44.1 Å². The van der Waals surface area contributed by atoms with Gasteiger partial charge in [0, 0.05) is 29.6 Å². The average molecular weight is 711 g/mol. The molecule has 0 bridgehead atoms. The molecule has 4 aromatic rings. The molecule has 1 aliphatic heterocycles. The zero-order valence-corrected chi connectivity index (χ0v) is 28.1. The minimum Gasteiger partial charge on any atom is -0.490 e. The predicted octanol–water partition coefficient (Wildman–Crippen LogP) is 7.12. The van der Waals surface area contributed by atoms with Crippen LogP contribution in [-0.2, 0) is 20.7 Å². The summed E-state index contributed by atoms with van der Waals surface area (Å²) in [6, 6.07) is 19.3. The topological polar surface area (TPSA) is 132 Å². The first-order chi connectivity index (χ1) is 23.4. The Morgan fingerprint density at radius 1 is 0.898 bits per heavy atom. The summed E-state index contributed by atoms with van der Waals surface area (Å²) in [5, 5.41) is 18.8. The second-order valence-corrected chi connectivity index (χ2v) is 14.7. The molecule has 1 saturated heterocycles. The van der Waals surface area contributed by atoms with E-state index in [0.29, 0.717) is 21.7 Å². The van der Waals surface area contributed by atoms with Crippen molar-refractivity contribution in [1.29, 1.82) is 5.41 Å². The smallest absolute Gasteiger partial charge is 0.298 e. The summed E-state index contributed by atoms with van der Waals surface area (Å²) in [7, 11) is -4.64. The molecule has 0 spiro atoms. The minimum atomic E-state index is -4.64. The number of alkyl halides is 2. The lowest BCUT2D eigenvalue weighted by molar-refractivity contribution is -0.145. The third kappa shape index (κ3) is 7.72. The van der Waals surface area contributed by atoms with Crippen LogP contribution in [0.25, 0.3) is 21.9 Å². The van der Waals surface area contributed by atoms with Crippen molar-refractivity contribution in [1.82, 2.24) is 15.1 Å². The van der Waals surface area contributed by atoms with Crippen LogP contribution in [0.5, 0.6) is 5.75 Å². The van der Waals surface area contributed by atoms with Crippen LogP contribution in [0.2, 0.25) is 5.02 Å². The number of fused-ring (bicyclic) bond motifs is 1. The molecule has 4 aromatic carbocycles. The highest BCUT2D eigenvalue weighted by Gasteiger charge is 2.50. The molecule has 4 N–H and O–H groups in total. The van der Waals surface area contributed by atoms with E-state index in [4.69, 9.17) is 27.0 Å². The van der Waals surface area contributed by atoms with Crippen LogP contribution in [0.3, 0.4) is 0 Å². The SMILES string of the molecule is N=C(NO)C1CCN(C(=O)[C@@H](NS(=O)(=O)c2ccc3cc(OC4CCCC4)ccc3c2)C(F)(F)c2ccc(-c3ccc(Cl)cc3)cc2)CC1. The monoisotopic (exact) mass is 710 g/mol. The summed E-state index contributed by atoms with van der Waals surface area (Å²) >= 11 is 5.98. The third-order valence-corrected chi connectivity index (χ3v) is 11.0. The van der Waals surface area contributed by atoms with Gasteiger partial charge in [-0.05, 0) is 96.8 Å². The van der Waals surface area contributed by atoms with Crippen molar-refractivity contribution >= 4 is 44.1 Å². The average Bonchev–Trinajstić information content (AvgIpc) is 3.63. The highest BCUT2D eigenvalue weighted by Crippen LogP contribution is 2.36. The number of nitrogens with one attached hydrogen (secondary N) is 3. The lowest BCUT2D eigenvalue weighted by Crippen LogP contribution is -2.57. The molecule has 6 rings (SSSR count). The van der Waals surface area contributed by atoms with Gasteiger partial charge in [-0.15, -0.1) is 0 Å². The number of benzene rings is 4. The fourth-order valence-corrected chi connectivity index (χ4v) is 7.85. The second-order valence-electron chi connectivity index (χ2n) is 12.6. The maximum Gasteiger partial charge on any atom is 0.298 e. The molecule has 258 valence electrons. The quantitative estimate of drug-likeness (QED) is 0.0788. The molecule has 1 saturated carbocycles. The van der Waals surface area contributed by atoms with E-state index in [1.165, 1.54) is 41.3 Å². The summed E-state index contributed by atoms with van der Waals surface area (Å²) in [6.45, 7) is -0.00276. The number of amidine groups is 1. The summed E-state index contributed by atoms with van der Waals surface area (Å²) < 4.78 is 68.7. The highest BCUT2D eigenvalue weighted by atomic mass is 35.5. The zero-order chi connectivity index (χ0) is 34.8. The van der Waals surface area contributed by atoms with Crippen molar-refractivity contribution in [2.75, 3.05) is 13.1 Å². The molecule has 1 atom stereocenters. The molecule has 49 heavy (non-hydrogen) atoms. The Labute approximate surface area is 288 Å². The van der Waals surface area contributed by atoms with Crippen LogP contribution in [0.4, 0.5) is 8.78 Å². The first kappa shape index (κ1) is 34.8. The van der Waals surface area contributed by atoms with Gasteiger partial charge in [0.05, 0.1) is 11.0 Å². The van der Waals surface area contributed by atoms with Crippen LogP contribution in [-0.4, -0.2) is 55.5 Å². The fraction of sp³-hybridized carbons (Fsp3) is 0.333. The van der Waals surface area contributed by atoms with E-state index in [9.17, 15) is 13.2 Å². The predicted molar refractivity (Wildman–Crippen MR) is 184 cm³/mol. The van der Waals surface area contributed by atoms with Crippen molar-refractivity contribution in [3.8, 4) is 16.9 Å². The molecule has 0 unspecified atom stereocenters. The van der Waals surface area contributed by atoms with Gasteiger partial charge in [-0.1, -0.05) is 60.1 Å². The number of rotatable bonds is 10. The number of hydrogen-bond acceptors (Lipinski definition) is 6. The largest absolute Gasteiger partial charge is 0.490 e. The number of ether oxygens (including phenoxy) is 1. The van der Waals surface area contributed by atoms with Crippen LogP contribution >= 0.6 is 11.6 Å². The van der Waals surface area contributed by atoms with E-state index >= 15 is 8.78 Å². The molecule has 1 heterocycles. The molecule has 0 radical (unpaired) electrons. The third-order valence-electron chi connectivity index (χ3n) is 9.36. The van der Waals surface area contributed by atoms with Gasteiger partial charge in [0.25, 0.3) is 5.92 Å². The summed E-state index contributed by atoms with van der Waals surface area (Å²) in [4.78, 5) is 14.8. The number of hydroxylamine groups is 1. The van der Waals surface area contributed by atoms with Gasteiger partial charge in [0.15, 0.2) is 6.04 Å². The van der Waals surface area contributed by atoms with Gasteiger partial charge in [-0.25, -0.2) is 8.42 Å². The zero-order valence-electron chi connectivity index (χ0n) is 26.5. The maximum atomic E-state index is 16.5. The number of carbonyl (C=O) groups is 1. The maximum absolute atomic E-state index is 16.5. The number of nitrogens with zero attached hydrogens (tertiary/aromatic N) is 1. The molecular weight excluding hydrogens is 674 g/mol. The van der Waals surface area contributed by atoms with Crippen molar-refractivity contribution < 1.29 is 31.9 Å². The summed E-state index contributed by atoms with van der Waals surface area (Å²) in [6.07, 6.45) is 4.82. The fourth-order valence-electron chi connectivity index (χ4n) is 6.50. The van der Waals surface area contributed by atoms with Crippen molar-refractivity contribution in [3.63, 3.8) is 0 Å². The van der Waals surface area contributed by atoms with Crippen LogP contribution < -0.4 is 14.9 Å². The summed E-state index contributed by atoms with van der Waals surface area (Å²) in [5.74, 6) is -4.90. The number of halogens is 3. The number of piperidine rings is 1. The van der Waals surface area contributed by atoms with Gasteiger partial charge >= 0.3 is 0 Å². The molecule has 0 aromatic heterocycles. The molecule has 13 heteroatoms. The van der Waals surface area contributed by atoms with Gasteiger partial charge in [0.2, 0.25) is 15.9 Å². The Kier molecular flexibility index (Phi) is 10.2. The van der Waals surface area contributed by atoms with Crippen molar-refractivity contribution in [3.05, 3.63) is 95.5 Å². The Morgan fingerprint density at radius 2 is 1.49 bits per heavy atom. The highest BCUT2D eigenvalue weighted by molar-refractivity contribution is 7.89. The van der Waals surface area contributed by atoms with Gasteiger partial charge in [-0.3, -0.25) is 20.9 Å². The lowest BCUT2D eigenvalue weighted by Gasteiger charge is -2.36. The Balaban J connectivity index is 1.28. The lowest BCUT2D eigenvalue weighted by atomic mass is 9.93. The van der Waals surface area contributed by atoms with E-state index < -0.39 is 39.4 Å². The number of carbonyl (C=O) groups excluding carboxylic acids is 1. The Bertz CT molecular complexity index is 1930. The second kappa shape index (κ2) is 14.4. The van der Waals surface area contributed by atoms with E-state index in [0.717, 1.165) is 36.6 Å². The molecule has 2 fully saturated rings. The van der Waals surface area contributed by atoms with Crippen molar-refractivity contribution in [2.45, 2.75) is 61.5 Å². The van der Waals surface area contributed by atoms with E-state index in [-0.39, 0.29) is 42.8 Å². The van der Waals surface area contributed by atoms with Gasteiger partial charge in [0.1, 0.15) is 11.6 Å². The van der Waals surface area contributed by atoms with E-state index in [1.807, 2.05) is 6.07 Å². The van der Waals surface area contributed by atoms with E-state index in [1.54, 1.807) is 47.9 Å². The number of likely N-dealkylation sites (tertiary alicyclic amines) is 1. The van der Waals surface area contributed by atoms with Gasteiger partial charge in [-0.2, -0.15) is 13.5 Å². The normalized spacial score (nSPS) is 16.9. The number of amides is 1. The summed E-state index contributed by atoms with van der Waals surface area (Å²) in [5.41, 5.74) is 2.64. The Hall–Kier alpha value is -4.10. The number of hydrogen-bond donors (Lipinski definition) is 4. The Morgan fingerprint density at radius 3 is 2.12 bits per heavy atom. The first-order valence-corrected chi connectivity index (χ1v) is 18.0. The first-order valence-electron chi connectivity index (χ1n) is 16.2. The standard InChI is InChI=1S/C36H37ClF2N4O5S/c37-29-13-7-24(8-14-29)23-5-11-28(12-6-23)36(38,39)33(35(44)43-19-17-25(18-20-43)34(40)41-45)42-49(46,47)32-16-10-26-21-31(15-9-27(26)22-32)48-30-3-1-2-4-30/h5-16,21-22,25,30,33,42,45H,1-4,17-20H2,(H2,40,41)/t33-/m1/s1. The van der Waals surface area contributed by atoms with Crippen molar-refractivity contribution in [2.24, 2.45) is 5.92 Å². The van der Waals surface area contributed by atoms with Crippen LogP contribution in [0.15, 0.2) is 89.8 Å². The molecule has 1 amide bonds. The molecule has 1 aliphatic carbocycles. The number of sulfonamides is 1. The van der Waals surface area contributed by atoms with E-state index in [2.05, 4.69) is 4.72 Å². The molecule has 2 aliphatic rings. The van der Waals surface area contributed by atoms with Gasteiger partial charge < -0.3 is 9.64 Å². The molecule has 9 nitrogen and oxygen atoms in total. The van der Waals surface area contributed by atoms with Crippen LogP contribution in [0, 0.1) is 11.3 Å². The minimum absolute atomic E-state index is 0.00138.